The first-order valence-corrected chi connectivity index (χ1v) is 8.81. The molecule has 1 aromatic rings. The molecule has 3 saturated heterocycles. The Morgan fingerprint density at radius 2 is 1.96 bits per heavy atom. The van der Waals surface area contributed by atoms with Crippen LogP contribution in [0.15, 0.2) is 27.4 Å². The minimum absolute atomic E-state index is 0.0487. The van der Waals surface area contributed by atoms with Crippen molar-refractivity contribution in [2.45, 2.75) is 32.7 Å². The van der Waals surface area contributed by atoms with Crippen molar-refractivity contribution in [1.29, 1.82) is 0 Å². The summed E-state index contributed by atoms with van der Waals surface area (Å²) in [5, 5.41) is 0. The van der Waals surface area contributed by atoms with E-state index < -0.39 is 17.2 Å². The fourth-order valence-corrected chi connectivity index (χ4v) is 3.61. The molecule has 2 amide bonds. The van der Waals surface area contributed by atoms with E-state index in [1.807, 2.05) is 24.8 Å². The molecular formula is C18H24N4O4. The summed E-state index contributed by atoms with van der Waals surface area (Å²) in [6.45, 7) is 5.23. The number of nitrogens with zero attached hydrogens (tertiary/aromatic N) is 3. The first-order valence-electron chi connectivity index (χ1n) is 8.81. The van der Waals surface area contributed by atoms with Crippen LogP contribution in [-0.2, 0) is 11.8 Å². The van der Waals surface area contributed by atoms with Gasteiger partial charge in [0.25, 0.3) is 11.5 Å². The first-order chi connectivity index (χ1) is 12.3. The van der Waals surface area contributed by atoms with Gasteiger partial charge in [-0.25, -0.2) is 4.79 Å². The molecule has 3 aliphatic heterocycles. The molecule has 0 spiro atoms. The molecule has 0 saturated carbocycles. The molecule has 3 fully saturated rings. The van der Waals surface area contributed by atoms with E-state index >= 15 is 0 Å². The van der Waals surface area contributed by atoms with Crippen molar-refractivity contribution in [1.82, 2.24) is 19.4 Å². The largest absolute Gasteiger partial charge is 0.336 e. The van der Waals surface area contributed by atoms with E-state index in [4.69, 9.17) is 0 Å². The number of aromatic nitrogens is 2. The molecule has 0 aromatic carbocycles. The van der Waals surface area contributed by atoms with E-state index in [9.17, 15) is 19.2 Å². The van der Waals surface area contributed by atoms with Crippen molar-refractivity contribution >= 4 is 11.8 Å². The van der Waals surface area contributed by atoms with Crippen molar-refractivity contribution in [3.8, 4) is 0 Å². The highest BCUT2D eigenvalue weighted by molar-refractivity contribution is 5.94. The maximum atomic E-state index is 12.9. The Morgan fingerprint density at radius 1 is 1.23 bits per heavy atom. The summed E-state index contributed by atoms with van der Waals surface area (Å²) in [6, 6.07) is -0.0487. The van der Waals surface area contributed by atoms with E-state index in [1.54, 1.807) is 4.90 Å². The van der Waals surface area contributed by atoms with Crippen LogP contribution in [0.4, 0.5) is 0 Å². The number of piperidine rings is 1. The zero-order valence-corrected chi connectivity index (χ0v) is 15.3. The van der Waals surface area contributed by atoms with Crippen molar-refractivity contribution in [3.63, 3.8) is 0 Å². The van der Waals surface area contributed by atoms with Crippen LogP contribution in [0.5, 0.6) is 0 Å². The number of rotatable bonds is 3. The van der Waals surface area contributed by atoms with Gasteiger partial charge in [-0.1, -0.05) is 11.6 Å². The fraction of sp³-hybridized carbons (Fsp3) is 0.556. The second-order valence-electron chi connectivity index (χ2n) is 7.32. The number of allylic oxidation sites excluding steroid dienone is 1. The Kier molecular flexibility index (Phi) is 4.84. The van der Waals surface area contributed by atoms with Crippen LogP contribution in [0.3, 0.4) is 0 Å². The molecule has 2 atom stereocenters. The van der Waals surface area contributed by atoms with Gasteiger partial charge >= 0.3 is 5.69 Å². The lowest BCUT2D eigenvalue weighted by atomic mass is 9.94. The number of fused-ring (bicyclic) bond motifs is 4. The van der Waals surface area contributed by atoms with Crippen molar-refractivity contribution in [3.05, 3.63) is 44.2 Å². The van der Waals surface area contributed by atoms with Gasteiger partial charge in [0.15, 0.2) is 0 Å². The Bertz CT molecular complexity index is 878. The highest BCUT2D eigenvalue weighted by atomic mass is 16.2. The lowest BCUT2D eigenvalue weighted by molar-refractivity contribution is -0.139. The maximum Gasteiger partial charge on any atom is 0.328 e. The molecule has 140 valence electrons. The maximum absolute atomic E-state index is 12.9. The van der Waals surface area contributed by atoms with E-state index in [1.165, 1.54) is 17.8 Å². The summed E-state index contributed by atoms with van der Waals surface area (Å²) in [4.78, 5) is 54.7. The van der Waals surface area contributed by atoms with Crippen molar-refractivity contribution < 1.29 is 9.59 Å². The van der Waals surface area contributed by atoms with Crippen LogP contribution in [0, 0.1) is 5.92 Å². The number of aryl methyl sites for hydroxylation is 1. The topological polar surface area (TPSA) is 95.5 Å². The van der Waals surface area contributed by atoms with Crippen LogP contribution in [0.2, 0.25) is 0 Å². The van der Waals surface area contributed by atoms with Crippen LogP contribution in [0.1, 0.15) is 37.0 Å². The lowest BCUT2D eigenvalue weighted by Crippen LogP contribution is -2.48. The standard InChI is InChI=1S/C18H24N4O4/c1-11(2)6-7-22-13-5-4-12(16(22)24)8-21(9-13)17(25)14-10-20(3)18(26)19-15(14)23/h6,10,12-13H,4-5,7-9H2,1-3H3,(H,19,23,26)/t12-,13+/m0/s1. The van der Waals surface area contributed by atoms with Gasteiger partial charge in [-0.3, -0.25) is 19.4 Å². The Hall–Kier alpha value is -2.64. The number of amides is 2. The van der Waals surface area contributed by atoms with Gasteiger partial charge in [-0.15, -0.1) is 0 Å². The van der Waals surface area contributed by atoms with Crippen LogP contribution >= 0.6 is 0 Å². The van der Waals surface area contributed by atoms with Gasteiger partial charge in [0.05, 0.1) is 5.92 Å². The number of hydrogen-bond donors (Lipinski definition) is 1. The summed E-state index contributed by atoms with van der Waals surface area (Å²) >= 11 is 0. The summed E-state index contributed by atoms with van der Waals surface area (Å²) in [7, 11) is 1.48. The van der Waals surface area contributed by atoms with Gasteiger partial charge in [0.2, 0.25) is 5.91 Å². The summed E-state index contributed by atoms with van der Waals surface area (Å²) in [5.74, 6) is -0.603. The molecule has 8 heteroatoms. The minimum Gasteiger partial charge on any atom is -0.336 e. The Labute approximate surface area is 151 Å². The quantitative estimate of drug-likeness (QED) is 0.774. The SMILES string of the molecule is CC(C)=CCN1C(=O)[C@H]2CC[C@@H]1CN(C(=O)c1cn(C)c(=O)[nH]c1=O)C2. The van der Waals surface area contributed by atoms with Crippen LogP contribution in [-0.4, -0.2) is 56.8 Å². The number of carbonyl (C=O) groups is 2. The third-order valence-electron chi connectivity index (χ3n) is 5.12. The third-order valence-corrected chi connectivity index (χ3v) is 5.12. The molecule has 8 nitrogen and oxygen atoms in total. The first kappa shape index (κ1) is 18.2. The zero-order valence-electron chi connectivity index (χ0n) is 15.3. The predicted molar refractivity (Wildman–Crippen MR) is 95.9 cm³/mol. The summed E-state index contributed by atoms with van der Waals surface area (Å²) in [5.41, 5.74) is -0.188. The summed E-state index contributed by atoms with van der Waals surface area (Å²) in [6.07, 6.45) is 4.88. The molecule has 26 heavy (non-hydrogen) atoms. The average molecular weight is 360 g/mol. The third kappa shape index (κ3) is 3.36. The smallest absolute Gasteiger partial charge is 0.328 e. The summed E-state index contributed by atoms with van der Waals surface area (Å²) < 4.78 is 1.17. The molecule has 3 aliphatic rings. The molecule has 0 unspecified atom stereocenters. The van der Waals surface area contributed by atoms with Gasteiger partial charge in [0.1, 0.15) is 5.56 Å². The highest BCUT2D eigenvalue weighted by Crippen LogP contribution is 2.29. The highest BCUT2D eigenvalue weighted by Gasteiger charge is 2.41. The van der Waals surface area contributed by atoms with Gasteiger partial charge in [0, 0.05) is 38.9 Å². The molecule has 0 aliphatic carbocycles. The normalized spacial score (nSPS) is 22.3. The Balaban J connectivity index is 1.87. The molecule has 1 aromatic heterocycles. The molecule has 2 bridgehead atoms. The lowest BCUT2D eigenvalue weighted by Gasteiger charge is -2.35. The van der Waals surface area contributed by atoms with E-state index in [0.717, 1.165) is 18.4 Å². The van der Waals surface area contributed by atoms with E-state index in [2.05, 4.69) is 4.98 Å². The number of nitrogens with one attached hydrogen (secondary N) is 1. The van der Waals surface area contributed by atoms with E-state index in [-0.39, 0.29) is 23.4 Å². The number of carbonyl (C=O) groups excluding carboxylic acids is 2. The van der Waals surface area contributed by atoms with Gasteiger partial charge in [-0.05, 0) is 26.7 Å². The number of hydrogen-bond acceptors (Lipinski definition) is 4. The van der Waals surface area contributed by atoms with Crippen LogP contribution in [0.25, 0.3) is 0 Å². The minimum atomic E-state index is -0.692. The van der Waals surface area contributed by atoms with Gasteiger partial charge in [-0.2, -0.15) is 0 Å². The molecule has 4 rings (SSSR count). The van der Waals surface area contributed by atoms with Crippen molar-refractivity contribution in [2.75, 3.05) is 19.6 Å². The van der Waals surface area contributed by atoms with Gasteiger partial charge < -0.3 is 14.4 Å². The predicted octanol–water partition coefficient (Wildman–Crippen LogP) is 0.103. The van der Waals surface area contributed by atoms with Crippen LogP contribution < -0.4 is 11.2 Å². The molecular weight excluding hydrogens is 336 g/mol. The van der Waals surface area contributed by atoms with Crippen molar-refractivity contribution in [2.24, 2.45) is 13.0 Å². The Morgan fingerprint density at radius 3 is 2.65 bits per heavy atom. The molecule has 1 N–H and O–H groups in total. The molecule has 0 radical (unpaired) electrons. The molecule has 4 heterocycles. The number of aromatic amines is 1. The number of H-pyrrole nitrogens is 1. The fourth-order valence-electron chi connectivity index (χ4n) is 3.61. The average Bonchev–Trinajstić information content (AvgIpc) is 2.87. The second kappa shape index (κ2) is 6.93. The van der Waals surface area contributed by atoms with E-state index in [0.29, 0.717) is 19.6 Å². The monoisotopic (exact) mass is 360 g/mol. The second-order valence-corrected chi connectivity index (χ2v) is 7.32. The zero-order chi connectivity index (χ0) is 19.0.